The van der Waals surface area contributed by atoms with Gasteiger partial charge in [-0.2, -0.15) is 0 Å². The molecule has 7 nitrogen and oxygen atoms in total. The molecule has 7 heteroatoms. The topological polar surface area (TPSA) is 97.2 Å². The van der Waals surface area contributed by atoms with E-state index < -0.39 is 4.92 Å². The first-order valence-electron chi connectivity index (χ1n) is 6.21. The van der Waals surface area contributed by atoms with Crippen molar-refractivity contribution in [3.63, 3.8) is 0 Å². The Morgan fingerprint density at radius 2 is 2.00 bits per heavy atom. The minimum absolute atomic E-state index is 0.0169. The lowest BCUT2D eigenvalue weighted by Crippen LogP contribution is -2.14. The number of rotatable bonds is 4. The van der Waals surface area contributed by atoms with Gasteiger partial charge in [0.05, 0.1) is 4.92 Å². The Kier molecular flexibility index (Phi) is 4.13. The molecule has 0 bridgehead atoms. The fourth-order valence-electron chi connectivity index (χ4n) is 1.84. The summed E-state index contributed by atoms with van der Waals surface area (Å²) in [6, 6.07) is 7.77. The van der Waals surface area contributed by atoms with Gasteiger partial charge in [-0.3, -0.25) is 19.9 Å². The van der Waals surface area contributed by atoms with Crippen LogP contribution in [0.15, 0.2) is 36.5 Å². The van der Waals surface area contributed by atoms with Gasteiger partial charge in [0.1, 0.15) is 5.69 Å². The molecule has 0 atom stereocenters. The molecule has 1 heterocycles. The molecular weight excluding hydrogens is 272 g/mol. The number of nitrogens with zero attached hydrogens (tertiary/aromatic N) is 2. The van der Waals surface area contributed by atoms with Crippen LogP contribution >= 0.6 is 0 Å². The number of benzene rings is 1. The molecule has 108 valence electrons. The number of nitro benzene ring substituents is 1. The maximum Gasteiger partial charge on any atom is 0.274 e. The number of nitro groups is 1. The molecule has 1 aromatic carbocycles. The van der Waals surface area contributed by atoms with E-state index in [2.05, 4.69) is 15.6 Å². The predicted octanol–water partition coefficient (Wildman–Crippen LogP) is 2.59. The summed E-state index contributed by atoms with van der Waals surface area (Å²) in [5.74, 6) is -0.375. The van der Waals surface area contributed by atoms with Crippen LogP contribution in [0.2, 0.25) is 0 Å². The quantitative estimate of drug-likeness (QED) is 0.665. The van der Waals surface area contributed by atoms with Crippen molar-refractivity contribution >= 4 is 23.0 Å². The van der Waals surface area contributed by atoms with Crippen molar-refractivity contribution in [2.24, 2.45) is 0 Å². The molecule has 0 fully saturated rings. The lowest BCUT2D eigenvalue weighted by Gasteiger charge is -2.07. The van der Waals surface area contributed by atoms with E-state index in [1.807, 2.05) is 0 Å². The van der Waals surface area contributed by atoms with E-state index in [4.69, 9.17) is 0 Å². The Morgan fingerprint density at radius 3 is 2.62 bits per heavy atom. The number of nitrogens with one attached hydrogen (secondary N) is 2. The van der Waals surface area contributed by atoms with Crippen LogP contribution in [-0.4, -0.2) is 22.9 Å². The first-order valence-corrected chi connectivity index (χ1v) is 6.21. The Morgan fingerprint density at radius 1 is 1.24 bits per heavy atom. The van der Waals surface area contributed by atoms with Gasteiger partial charge in [0, 0.05) is 36.2 Å². The molecule has 0 unspecified atom stereocenters. The molecule has 2 rings (SSSR count). The Balaban J connectivity index is 2.19. The van der Waals surface area contributed by atoms with Gasteiger partial charge in [-0.1, -0.05) is 0 Å². The predicted molar refractivity (Wildman–Crippen MR) is 79.6 cm³/mol. The molecule has 0 aliphatic heterocycles. The summed E-state index contributed by atoms with van der Waals surface area (Å²) in [6.07, 6.45) is 1.53. The molecule has 0 radical (unpaired) electrons. The third-order valence-corrected chi connectivity index (χ3v) is 2.93. The number of carbonyl (C=O) groups excluding carboxylic acids is 1. The zero-order chi connectivity index (χ0) is 15.4. The second kappa shape index (κ2) is 6.00. The zero-order valence-electron chi connectivity index (χ0n) is 11.6. The van der Waals surface area contributed by atoms with Gasteiger partial charge < -0.3 is 10.6 Å². The third-order valence-electron chi connectivity index (χ3n) is 2.93. The average molecular weight is 286 g/mol. The molecule has 0 saturated carbocycles. The standard InChI is InChI=1S/C14H14N4O3/c1-9-7-11(3-4-13(9)18(20)21)17-14(19)12-8-10(15-2)5-6-16-12/h3-8H,1-2H3,(H,15,16)(H,17,19). The largest absolute Gasteiger partial charge is 0.388 e. The normalized spacial score (nSPS) is 10.0. The number of aryl methyl sites for hydroxylation is 1. The number of hydrogen-bond donors (Lipinski definition) is 2. The van der Waals surface area contributed by atoms with Crippen molar-refractivity contribution in [1.29, 1.82) is 0 Å². The van der Waals surface area contributed by atoms with Crippen LogP contribution in [-0.2, 0) is 0 Å². The second-order valence-corrected chi connectivity index (χ2v) is 4.39. The van der Waals surface area contributed by atoms with Crippen molar-refractivity contribution in [2.75, 3.05) is 17.7 Å². The summed E-state index contributed by atoms with van der Waals surface area (Å²) < 4.78 is 0. The van der Waals surface area contributed by atoms with Gasteiger partial charge in [-0.25, -0.2) is 0 Å². The van der Waals surface area contributed by atoms with Crippen LogP contribution in [0.4, 0.5) is 17.1 Å². The summed E-state index contributed by atoms with van der Waals surface area (Å²) in [6.45, 7) is 1.62. The third kappa shape index (κ3) is 3.33. The highest BCUT2D eigenvalue weighted by atomic mass is 16.6. The van der Waals surface area contributed by atoms with Crippen LogP contribution in [0.5, 0.6) is 0 Å². The van der Waals surface area contributed by atoms with Crippen molar-refractivity contribution < 1.29 is 9.72 Å². The van der Waals surface area contributed by atoms with Crippen molar-refractivity contribution in [3.8, 4) is 0 Å². The summed E-state index contributed by atoms with van der Waals surface area (Å²) >= 11 is 0. The molecule has 21 heavy (non-hydrogen) atoms. The molecule has 1 amide bonds. The maximum absolute atomic E-state index is 12.1. The molecule has 1 aromatic heterocycles. The lowest BCUT2D eigenvalue weighted by atomic mass is 10.2. The fraction of sp³-hybridized carbons (Fsp3) is 0.143. The minimum atomic E-state index is -0.459. The molecule has 2 N–H and O–H groups in total. The maximum atomic E-state index is 12.1. The van der Waals surface area contributed by atoms with E-state index in [0.29, 0.717) is 11.3 Å². The monoisotopic (exact) mass is 286 g/mol. The Hall–Kier alpha value is -2.96. The highest BCUT2D eigenvalue weighted by Gasteiger charge is 2.13. The number of amides is 1. The van der Waals surface area contributed by atoms with Crippen LogP contribution in [0, 0.1) is 17.0 Å². The summed E-state index contributed by atoms with van der Waals surface area (Å²) in [5, 5.41) is 16.3. The average Bonchev–Trinajstić information content (AvgIpc) is 2.47. The second-order valence-electron chi connectivity index (χ2n) is 4.39. The van der Waals surface area contributed by atoms with Crippen LogP contribution in [0.3, 0.4) is 0 Å². The fourth-order valence-corrected chi connectivity index (χ4v) is 1.84. The van der Waals surface area contributed by atoms with Gasteiger partial charge in [-0.15, -0.1) is 0 Å². The first kappa shape index (κ1) is 14.4. The van der Waals surface area contributed by atoms with Gasteiger partial charge in [-0.05, 0) is 31.2 Å². The molecular formula is C14H14N4O3. The van der Waals surface area contributed by atoms with E-state index in [9.17, 15) is 14.9 Å². The van der Waals surface area contributed by atoms with Crippen molar-refractivity contribution in [2.45, 2.75) is 6.92 Å². The van der Waals surface area contributed by atoms with E-state index in [0.717, 1.165) is 5.69 Å². The molecule has 0 spiro atoms. The molecule has 0 aliphatic rings. The number of anilines is 2. The van der Waals surface area contributed by atoms with Gasteiger partial charge >= 0.3 is 0 Å². The first-order chi connectivity index (χ1) is 10.0. The van der Waals surface area contributed by atoms with Crippen LogP contribution in [0.1, 0.15) is 16.1 Å². The number of aromatic nitrogens is 1. The van der Waals surface area contributed by atoms with Gasteiger partial charge in [0.25, 0.3) is 11.6 Å². The summed E-state index contributed by atoms with van der Waals surface area (Å²) in [5.41, 5.74) is 2.02. The SMILES string of the molecule is CNc1ccnc(C(=O)Nc2ccc([N+](=O)[O-])c(C)c2)c1. The van der Waals surface area contributed by atoms with E-state index in [-0.39, 0.29) is 17.3 Å². The molecule has 0 saturated heterocycles. The van der Waals surface area contributed by atoms with Crippen LogP contribution in [0.25, 0.3) is 0 Å². The number of hydrogen-bond acceptors (Lipinski definition) is 5. The van der Waals surface area contributed by atoms with Gasteiger partial charge in [0.2, 0.25) is 0 Å². The summed E-state index contributed by atoms with van der Waals surface area (Å²) in [7, 11) is 1.75. The lowest BCUT2D eigenvalue weighted by molar-refractivity contribution is -0.385. The Labute approximate surface area is 121 Å². The van der Waals surface area contributed by atoms with Crippen molar-refractivity contribution in [1.82, 2.24) is 4.98 Å². The smallest absolute Gasteiger partial charge is 0.274 e. The van der Waals surface area contributed by atoms with E-state index in [1.165, 1.54) is 18.3 Å². The zero-order valence-corrected chi connectivity index (χ0v) is 11.6. The van der Waals surface area contributed by atoms with Gasteiger partial charge in [0.15, 0.2) is 0 Å². The van der Waals surface area contributed by atoms with Crippen LogP contribution < -0.4 is 10.6 Å². The Bertz CT molecular complexity index is 700. The van der Waals surface area contributed by atoms with E-state index >= 15 is 0 Å². The highest BCUT2D eigenvalue weighted by molar-refractivity contribution is 6.03. The molecule has 0 aliphatic carbocycles. The molecule has 2 aromatic rings. The van der Waals surface area contributed by atoms with Crippen molar-refractivity contribution in [3.05, 3.63) is 57.9 Å². The number of carbonyl (C=O) groups is 1. The minimum Gasteiger partial charge on any atom is -0.388 e. The van der Waals surface area contributed by atoms with E-state index in [1.54, 1.807) is 32.2 Å². The number of pyridine rings is 1. The summed E-state index contributed by atoms with van der Waals surface area (Å²) in [4.78, 5) is 26.4. The highest BCUT2D eigenvalue weighted by Crippen LogP contribution is 2.22.